The highest BCUT2D eigenvalue weighted by Crippen LogP contribution is 2.04. The van der Waals surface area contributed by atoms with Gasteiger partial charge in [-0.05, 0) is 19.1 Å². The largest absolute Gasteiger partial charge is 0.392 e. The molecule has 0 spiro atoms. The highest BCUT2D eigenvalue weighted by Gasteiger charge is 2.10. The maximum absolute atomic E-state index is 11.1. The number of rotatable bonds is 4. The number of aromatic nitrogens is 1. The minimum atomic E-state index is -0.502. The van der Waals surface area contributed by atoms with Gasteiger partial charge >= 0.3 is 0 Å². The van der Waals surface area contributed by atoms with E-state index >= 15 is 0 Å². The molecule has 1 heterocycles. The van der Waals surface area contributed by atoms with Crippen LogP contribution in [0.25, 0.3) is 0 Å². The normalized spacial score (nSPS) is 12.8. The Morgan fingerprint density at radius 3 is 2.92 bits per heavy atom. The number of carbonyl (C=O) groups excluding carboxylic acids is 1. The molecular weight excluding hydrogens is 170 g/mol. The number of nitrogens with zero attached hydrogens (tertiary/aromatic N) is 1. The van der Waals surface area contributed by atoms with Crippen LogP contribution in [0.4, 0.5) is 0 Å². The summed E-state index contributed by atoms with van der Waals surface area (Å²) in [5.74, 6) is -0.328. The standard InChI is InChI=1S/C9H13NO3/c1-7(12)5-10-4-2-3-8(10)9(13)6-11/h2-4,7,11-12H,5-6H2,1H3/t7-/m1/s1. The number of Topliss-reactive ketones (excluding diaryl/α,β-unsaturated/α-hetero) is 1. The average molecular weight is 183 g/mol. The van der Waals surface area contributed by atoms with Crippen molar-refractivity contribution in [2.75, 3.05) is 6.61 Å². The lowest BCUT2D eigenvalue weighted by molar-refractivity contribution is 0.0890. The fraction of sp³-hybridized carbons (Fsp3) is 0.444. The van der Waals surface area contributed by atoms with Gasteiger partial charge in [0.05, 0.1) is 11.8 Å². The zero-order valence-corrected chi connectivity index (χ0v) is 7.47. The van der Waals surface area contributed by atoms with Crippen molar-refractivity contribution in [3.63, 3.8) is 0 Å². The monoisotopic (exact) mass is 183 g/mol. The van der Waals surface area contributed by atoms with Crippen LogP contribution in [0, 0.1) is 0 Å². The smallest absolute Gasteiger partial charge is 0.204 e. The first-order chi connectivity index (χ1) is 6.15. The number of aliphatic hydroxyl groups is 2. The van der Waals surface area contributed by atoms with E-state index in [0.717, 1.165) is 0 Å². The fourth-order valence-electron chi connectivity index (χ4n) is 1.19. The number of aliphatic hydroxyl groups excluding tert-OH is 2. The van der Waals surface area contributed by atoms with Crippen LogP contribution in [-0.4, -0.2) is 33.3 Å². The van der Waals surface area contributed by atoms with Crippen LogP contribution in [0.3, 0.4) is 0 Å². The molecule has 13 heavy (non-hydrogen) atoms. The highest BCUT2D eigenvalue weighted by molar-refractivity contribution is 5.95. The van der Waals surface area contributed by atoms with E-state index in [9.17, 15) is 4.79 Å². The minimum absolute atomic E-state index is 0.328. The van der Waals surface area contributed by atoms with Gasteiger partial charge in [-0.25, -0.2) is 0 Å². The predicted octanol–water partition coefficient (Wildman–Crippen LogP) is 0.0439. The Kier molecular flexibility index (Phi) is 3.22. The Hall–Kier alpha value is -1.13. The van der Waals surface area contributed by atoms with Crippen LogP contribution >= 0.6 is 0 Å². The number of carbonyl (C=O) groups is 1. The second kappa shape index (κ2) is 4.20. The molecule has 0 aliphatic heterocycles. The molecule has 0 aromatic carbocycles. The Labute approximate surface area is 76.4 Å². The van der Waals surface area contributed by atoms with Gasteiger partial charge in [-0.3, -0.25) is 4.79 Å². The molecule has 0 amide bonds. The van der Waals surface area contributed by atoms with E-state index in [1.807, 2.05) is 0 Å². The van der Waals surface area contributed by atoms with E-state index in [2.05, 4.69) is 0 Å². The van der Waals surface area contributed by atoms with Gasteiger partial charge in [-0.15, -0.1) is 0 Å². The van der Waals surface area contributed by atoms with Crippen molar-refractivity contribution in [2.24, 2.45) is 0 Å². The molecule has 4 heteroatoms. The molecule has 1 atom stereocenters. The Morgan fingerprint density at radius 1 is 1.69 bits per heavy atom. The molecule has 0 saturated carbocycles. The first kappa shape index (κ1) is 9.95. The van der Waals surface area contributed by atoms with Gasteiger partial charge in [0.1, 0.15) is 6.61 Å². The van der Waals surface area contributed by atoms with E-state index in [1.54, 1.807) is 29.8 Å². The lowest BCUT2D eigenvalue weighted by Crippen LogP contribution is -2.17. The summed E-state index contributed by atoms with van der Waals surface area (Å²) in [7, 11) is 0. The second-order valence-electron chi connectivity index (χ2n) is 2.98. The van der Waals surface area contributed by atoms with Crippen LogP contribution in [0.2, 0.25) is 0 Å². The minimum Gasteiger partial charge on any atom is -0.392 e. The Balaban J connectivity index is 2.83. The van der Waals surface area contributed by atoms with Crippen LogP contribution in [0.5, 0.6) is 0 Å². The van der Waals surface area contributed by atoms with Gasteiger partial charge in [0.15, 0.2) is 0 Å². The molecule has 4 nitrogen and oxygen atoms in total. The number of ketones is 1. The third-order valence-corrected chi connectivity index (χ3v) is 1.72. The maximum atomic E-state index is 11.1. The van der Waals surface area contributed by atoms with Crippen molar-refractivity contribution in [3.05, 3.63) is 24.0 Å². The lowest BCUT2D eigenvalue weighted by Gasteiger charge is -2.09. The molecule has 0 unspecified atom stereocenters. The van der Waals surface area contributed by atoms with Crippen molar-refractivity contribution in [1.82, 2.24) is 4.57 Å². The van der Waals surface area contributed by atoms with Gasteiger partial charge in [-0.1, -0.05) is 0 Å². The summed E-state index contributed by atoms with van der Waals surface area (Å²) >= 11 is 0. The topological polar surface area (TPSA) is 62.5 Å². The van der Waals surface area contributed by atoms with Crippen molar-refractivity contribution < 1.29 is 15.0 Å². The summed E-state index contributed by atoms with van der Waals surface area (Å²) in [5, 5.41) is 17.7. The molecule has 0 fully saturated rings. The summed E-state index contributed by atoms with van der Waals surface area (Å²) in [4.78, 5) is 11.1. The van der Waals surface area contributed by atoms with Crippen LogP contribution in [-0.2, 0) is 6.54 Å². The average Bonchev–Trinajstić information content (AvgIpc) is 2.50. The summed E-state index contributed by atoms with van der Waals surface area (Å²) < 4.78 is 1.63. The van der Waals surface area contributed by atoms with Gasteiger partial charge in [-0.2, -0.15) is 0 Å². The van der Waals surface area contributed by atoms with Crippen LogP contribution < -0.4 is 0 Å². The molecule has 72 valence electrons. The summed E-state index contributed by atoms with van der Waals surface area (Å²) in [6.07, 6.45) is 1.20. The molecule has 2 N–H and O–H groups in total. The van der Waals surface area contributed by atoms with Crippen molar-refractivity contribution >= 4 is 5.78 Å². The van der Waals surface area contributed by atoms with E-state index in [0.29, 0.717) is 12.2 Å². The Morgan fingerprint density at radius 2 is 2.38 bits per heavy atom. The molecule has 0 aliphatic carbocycles. The van der Waals surface area contributed by atoms with Crippen LogP contribution in [0.1, 0.15) is 17.4 Å². The molecule has 1 rings (SSSR count). The number of hydrogen-bond donors (Lipinski definition) is 2. The van der Waals surface area contributed by atoms with Gasteiger partial charge in [0, 0.05) is 12.7 Å². The van der Waals surface area contributed by atoms with Crippen LogP contribution in [0.15, 0.2) is 18.3 Å². The van der Waals surface area contributed by atoms with Gasteiger partial charge in [0.2, 0.25) is 5.78 Å². The van der Waals surface area contributed by atoms with E-state index in [1.165, 1.54) is 0 Å². The zero-order valence-electron chi connectivity index (χ0n) is 7.47. The third kappa shape index (κ3) is 2.40. The fourth-order valence-corrected chi connectivity index (χ4v) is 1.19. The van der Waals surface area contributed by atoms with Gasteiger partial charge in [0.25, 0.3) is 0 Å². The van der Waals surface area contributed by atoms with E-state index in [4.69, 9.17) is 10.2 Å². The summed E-state index contributed by atoms with van der Waals surface area (Å²) in [5.41, 5.74) is 0.434. The van der Waals surface area contributed by atoms with Gasteiger partial charge < -0.3 is 14.8 Å². The first-order valence-electron chi connectivity index (χ1n) is 4.12. The molecule has 0 saturated heterocycles. The lowest BCUT2D eigenvalue weighted by atomic mass is 10.3. The molecule has 0 aliphatic rings. The Bertz CT molecular complexity index is 291. The maximum Gasteiger partial charge on any atom is 0.204 e. The second-order valence-corrected chi connectivity index (χ2v) is 2.98. The van der Waals surface area contributed by atoms with E-state index < -0.39 is 12.7 Å². The quantitative estimate of drug-likeness (QED) is 0.648. The summed E-state index contributed by atoms with van der Waals surface area (Å²) in [6.45, 7) is 1.52. The predicted molar refractivity (Wildman–Crippen MR) is 47.5 cm³/mol. The van der Waals surface area contributed by atoms with Crippen molar-refractivity contribution in [3.8, 4) is 0 Å². The SMILES string of the molecule is C[C@@H](O)Cn1cccc1C(=O)CO. The first-order valence-corrected chi connectivity index (χ1v) is 4.12. The van der Waals surface area contributed by atoms with E-state index in [-0.39, 0.29) is 5.78 Å². The van der Waals surface area contributed by atoms with Crippen molar-refractivity contribution in [2.45, 2.75) is 19.6 Å². The molecule has 0 radical (unpaired) electrons. The third-order valence-electron chi connectivity index (χ3n) is 1.72. The molecular formula is C9H13NO3. The highest BCUT2D eigenvalue weighted by atomic mass is 16.3. The number of hydrogen-bond acceptors (Lipinski definition) is 3. The van der Waals surface area contributed by atoms with Crippen molar-refractivity contribution in [1.29, 1.82) is 0 Å². The molecule has 1 aromatic heterocycles. The molecule has 1 aromatic rings. The molecule has 0 bridgehead atoms. The zero-order chi connectivity index (χ0) is 9.84. The summed E-state index contributed by atoms with van der Waals surface area (Å²) in [6, 6.07) is 3.34.